The minimum Gasteiger partial charge on any atom is -0.385 e. The van der Waals surface area contributed by atoms with Crippen LogP contribution in [0.15, 0.2) is 29.4 Å². The highest BCUT2D eigenvalue weighted by molar-refractivity contribution is 7.89. The molecule has 0 unspecified atom stereocenters. The average molecular weight is 379 g/mol. The van der Waals surface area contributed by atoms with Crippen molar-refractivity contribution in [1.29, 1.82) is 0 Å². The molecule has 0 aliphatic carbocycles. The number of ether oxygens (including phenoxy) is 1. The molecule has 0 fully saturated rings. The molecule has 2 N–H and O–H groups in total. The number of methoxy groups -OCH3 is 1. The standard InChI is InChI=1S/C16H21N5O4S/c1-25-8-2-7-21-11-17-20-15(21)10-18-26(23,24)13-4-5-14-12(9-13)3-6-16(22)19-14/h4-5,9,11,18H,2-3,6-8,10H2,1H3,(H,19,22). The van der Waals surface area contributed by atoms with E-state index >= 15 is 0 Å². The number of aromatic nitrogens is 3. The first kappa shape index (κ1) is 18.5. The lowest BCUT2D eigenvalue weighted by Gasteiger charge is -2.17. The molecule has 1 amide bonds. The van der Waals surface area contributed by atoms with Crippen LogP contribution in [0.1, 0.15) is 24.2 Å². The molecule has 1 aliphatic heterocycles. The van der Waals surface area contributed by atoms with E-state index in [1.54, 1.807) is 30.1 Å². The van der Waals surface area contributed by atoms with Crippen LogP contribution >= 0.6 is 0 Å². The van der Waals surface area contributed by atoms with Gasteiger partial charge in [0.05, 0.1) is 11.4 Å². The number of carbonyl (C=O) groups excluding carboxylic acids is 1. The number of anilines is 1. The molecule has 1 aromatic carbocycles. The highest BCUT2D eigenvalue weighted by atomic mass is 32.2. The minimum absolute atomic E-state index is 0.0448. The highest BCUT2D eigenvalue weighted by Crippen LogP contribution is 2.25. The Morgan fingerprint density at radius 2 is 2.19 bits per heavy atom. The predicted octanol–water partition coefficient (Wildman–Crippen LogP) is 0.678. The van der Waals surface area contributed by atoms with Gasteiger partial charge in [-0.25, -0.2) is 13.1 Å². The molecule has 2 aromatic rings. The van der Waals surface area contributed by atoms with Crippen molar-refractivity contribution in [2.75, 3.05) is 19.0 Å². The van der Waals surface area contributed by atoms with Gasteiger partial charge in [0.25, 0.3) is 0 Å². The molecule has 1 aliphatic rings. The lowest BCUT2D eigenvalue weighted by Crippen LogP contribution is -2.26. The maximum atomic E-state index is 12.6. The number of hydrogen-bond acceptors (Lipinski definition) is 6. The normalized spacial score (nSPS) is 14.1. The van der Waals surface area contributed by atoms with Gasteiger partial charge in [-0.2, -0.15) is 0 Å². The van der Waals surface area contributed by atoms with Crippen molar-refractivity contribution in [3.05, 3.63) is 35.9 Å². The average Bonchev–Trinajstić information content (AvgIpc) is 3.07. The third-order valence-electron chi connectivity index (χ3n) is 4.15. The monoisotopic (exact) mass is 379 g/mol. The maximum Gasteiger partial charge on any atom is 0.240 e. The van der Waals surface area contributed by atoms with Crippen molar-refractivity contribution in [3.63, 3.8) is 0 Å². The van der Waals surface area contributed by atoms with E-state index in [0.29, 0.717) is 37.5 Å². The molecule has 0 bridgehead atoms. The Hall–Kier alpha value is -2.30. The Bertz CT molecular complexity index is 894. The number of carbonyl (C=O) groups is 1. The molecule has 10 heteroatoms. The second kappa shape index (κ2) is 7.94. The van der Waals surface area contributed by atoms with E-state index in [-0.39, 0.29) is 17.3 Å². The Labute approximate surface area is 151 Å². The first-order valence-corrected chi connectivity index (χ1v) is 9.76. The number of benzene rings is 1. The fraction of sp³-hybridized carbons (Fsp3) is 0.438. The van der Waals surface area contributed by atoms with Crippen LogP contribution in [0.2, 0.25) is 0 Å². The molecule has 26 heavy (non-hydrogen) atoms. The second-order valence-corrected chi connectivity index (χ2v) is 7.75. The molecule has 1 aromatic heterocycles. The van der Waals surface area contributed by atoms with E-state index in [2.05, 4.69) is 20.2 Å². The zero-order valence-corrected chi connectivity index (χ0v) is 15.3. The van der Waals surface area contributed by atoms with Crippen LogP contribution in [0.3, 0.4) is 0 Å². The molecule has 9 nitrogen and oxygen atoms in total. The SMILES string of the molecule is COCCCn1cnnc1CNS(=O)(=O)c1ccc2c(c1)CCC(=O)N2. The summed E-state index contributed by atoms with van der Waals surface area (Å²) in [5.74, 6) is 0.481. The van der Waals surface area contributed by atoms with E-state index in [1.165, 1.54) is 6.07 Å². The van der Waals surface area contributed by atoms with Gasteiger partial charge in [-0.3, -0.25) is 4.79 Å². The predicted molar refractivity (Wildman–Crippen MR) is 93.9 cm³/mol. The van der Waals surface area contributed by atoms with E-state index in [0.717, 1.165) is 12.0 Å². The van der Waals surface area contributed by atoms with Crippen LogP contribution in [0.5, 0.6) is 0 Å². The van der Waals surface area contributed by atoms with Crippen molar-refractivity contribution in [2.24, 2.45) is 0 Å². The number of nitrogens with zero attached hydrogens (tertiary/aromatic N) is 3. The molecular formula is C16H21N5O4S. The van der Waals surface area contributed by atoms with Gasteiger partial charge in [-0.1, -0.05) is 0 Å². The number of aryl methyl sites for hydroxylation is 2. The zero-order chi connectivity index (χ0) is 18.6. The van der Waals surface area contributed by atoms with Crippen LogP contribution in [-0.2, 0) is 39.1 Å². The summed E-state index contributed by atoms with van der Waals surface area (Å²) in [7, 11) is -2.06. The fourth-order valence-electron chi connectivity index (χ4n) is 2.75. The number of nitrogens with one attached hydrogen (secondary N) is 2. The summed E-state index contributed by atoms with van der Waals surface area (Å²) in [6.45, 7) is 1.30. The number of sulfonamides is 1. The molecule has 0 atom stereocenters. The van der Waals surface area contributed by atoms with E-state index in [9.17, 15) is 13.2 Å². The number of amides is 1. The lowest BCUT2D eigenvalue weighted by atomic mass is 10.0. The first-order valence-electron chi connectivity index (χ1n) is 8.27. The summed E-state index contributed by atoms with van der Waals surface area (Å²) < 4.78 is 34.5. The quantitative estimate of drug-likeness (QED) is 0.652. The van der Waals surface area contributed by atoms with E-state index in [1.807, 2.05) is 0 Å². The summed E-state index contributed by atoms with van der Waals surface area (Å²) in [5.41, 5.74) is 1.48. The molecule has 3 rings (SSSR count). The van der Waals surface area contributed by atoms with Crippen LogP contribution in [0.25, 0.3) is 0 Å². The van der Waals surface area contributed by atoms with Crippen LogP contribution < -0.4 is 10.0 Å². The second-order valence-electron chi connectivity index (χ2n) is 5.98. The molecule has 2 heterocycles. The zero-order valence-electron chi connectivity index (χ0n) is 14.4. The lowest BCUT2D eigenvalue weighted by molar-refractivity contribution is -0.116. The summed E-state index contributed by atoms with van der Waals surface area (Å²) in [6, 6.07) is 4.70. The number of hydrogen-bond donors (Lipinski definition) is 2. The molecule has 0 radical (unpaired) electrons. The summed E-state index contributed by atoms with van der Waals surface area (Å²) in [5, 5.41) is 10.5. The van der Waals surface area contributed by atoms with Gasteiger partial charge in [0.2, 0.25) is 15.9 Å². The molecule has 0 saturated heterocycles. The van der Waals surface area contributed by atoms with Crippen molar-refractivity contribution < 1.29 is 17.9 Å². The van der Waals surface area contributed by atoms with Gasteiger partial charge >= 0.3 is 0 Å². The van der Waals surface area contributed by atoms with E-state index < -0.39 is 10.0 Å². The maximum absolute atomic E-state index is 12.6. The minimum atomic E-state index is -3.69. The molecular weight excluding hydrogens is 358 g/mol. The first-order chi connectivity index (χ1) is 12.5. The number of rotatable bonds is 8. The summed E-state index contributed by atoms with van der Waals surface area (Å²) >= 11 is 0. The van der Waals surface area contributed by atoms with Crippen LogP contribution in [-0.4, -0.2) is 42.8 Å². The smallest absolute Gasteiger partial charge is 0.240 e. The highest BCUT2D eigenvalue weighted by Gasteiger charge is 2.20. The number of fused-ring (bicyclic) bond motifs is 1. The molecule has 0 spiro atoms. The Balaban J connectivity index is 1.68. The van der Waals surface area contributed by atoms with Crippen LogP contribution in [0, 0.1) is 0 Å². The van der Waals surface area contributed by atoms with Gasteiger partial charge < -0.3 is 14.6 Å². The fourth-order valence-corrected chi connectivity index (χ4v) is 3.78. The molecule has 140 valence electrons. The third-order valence-corrected chi connectivity index (χ3v) is 5.54. The van der Waals surface area contributed by atoms with Gasteiger partial charge in [-0.15, -0.1) is 10.2 Å². The van der Waals surface area contributed by atoms with Gasteiger partial charge in [0.1, 0.15) is 12.2 Å². The van der Waals surface area contributed by atoms with Gasteiger partial charge in [0.15, 0.2) is 0 Å². The van der Waals surface area contributed by atoms with Crippen molar-refractivity contribution in [3.8, 4) is 0 Å². The molecule has 0 saturated carbocycles. The Morgan fingerprint density at radius 3 is 3.00 bits per heavy atom. The van der Waals surface area contributed by atoms with Crippen molar-refractivity contribution >= 4 is 21.6 Å². The van der Waals surface area contributed by atoms with Crippen molar-refractivity contribution in [1.82, 2.24) is 19.5 Å². The Kier molecular flexibility index (Phi) is 5.64. The largest absolute Gasteiger partial charge is 0.385 e. The van der Waals surface area contributed by atoms with Crippen molar-refractivity contribution in [2.45, 2.75) is 37.2 Å². The topological polar surface area (TPSA) is 115 Å². The summed E-state index contributed by atoms with van der Waals surface area (Å²) in [4.78, 5) is 11.6. The van der Waals surface area contributed by atoms with Gasteiger partial charge in [-0.05, 0) is 36.6 Å². The Morgan fingerprint density at radius 1 is 1.35 bits per heavy atom. The summed E-state index contributed by atoms with van der Waals surface area (Å²) in [6.07, 6.45) is 3.23. The van der Waals surface area contributed by atoms with Crippen LogP contribution in [0.4, 0.5) is 5.69 Å². The third kappa shape index (κ3) is 4.26. The van der Waals surface area contributed by atoms with E-state index in [4.69, 9.17) is 4.74 Å². The van der Waals surface area contributed by atoms with Gasteiger partial charge in [0, 0.05) is 32.4 Å².